The smallest absolute Gasteiger partial charge is 0.251 e. The van der Waals surface area contributed by atoms with E-state index in [1.54, 1.807) is 0 Å². The highest BCUT2D eigenvalue weighted by Gasteiger charge is 2.15. The molecule has 0 spiro atoms. The molecule has 21 heavy (non-hydrogen) atoms. The van der Waals surface area contributed by atoms with Crippen LogP contribution in [0.15, 0.2) is 18.2 Å². The number of benzene rings is 1. The van der Waals surface area contributed by atoms with Crippen LogP contribution in [0.2, 0.25) is 0 Å². The maximum Gasteiger partial charge on any atom is 0.251 e. The first-order valence-electron chi connectivity index (χ1n) is 7.79. The van der Waals surface area contributed by atoms with E-state index in [-0.39, 0.29) is 5.91 Å². The van der Waals surface area contributed by atoms with Gasteiger partial charge in [0.15, 0.2) is 0 Å². The van der Waals surface area contributed by atoms with E-state index < -0.39 is 0 Å². The zero-order valence-electron chi connectivity index (χ0n) is 12.7. The topological polar surface area (TPSA) is 55.1 Å². The van der Waals surface area contributed by atoms with Crippen LogP contribution < -0.4 is 11.1 Å². The first-order chi connectivity index (χ1) is 10.2. The summed E-state index contributed by atoms with van der Waals surface area (Å²) in [7, 11) is 0. The van der Waals surface area contributed by atoms with Gasteiger partial charge in [-0.3, -0.25) is 4.79 Å². The van der Waals surface area contributed by atoms with E-state index in [1.807, 2.05) is 25.1 Å². The van der Waals surface area contributed by atoms with Crippen LogP contribution in [0, 0.1) is 24.7 Å². The van der Waals surface area contributed by atoms with Gasteiger partial charge in [-0.15, -0.1) is 0 Å². The number of hydrogen-bond acceptors (Lipinski definition) is 2. The first-order valence-corrected chi connectivity index (χ1v) is 7.79. The predicted molar refractivity (Wildman–Crippen MR) is 86.0 cm³/mol. The van der Waals surface area contributed by atoms with Gasteiger partial charge < -0.3 is 11.1 Å². The summed E-state index contributed by atoms with van der Waals surface area (Å²) in [5, 5.41) is 3.04. The lowest BCUT2D eigenvalue weighted by atomic mass is 10.0. The third-order valence-corrected chi connectivity index (χ3v) is 4.22. The van der Waals surface area contributed by atoms with Crippen LogP contribution in [0.1, 0.15) is 53.6 Å². The van der Waals surface area contributed by atoms with Gasteiger partial charge in [0.25, 0.3) is 5.91 Å². The molecule has 1 amide bonds. The fraction of sp³-hybridized carbons (Fsp3) is 0.500. The van der Waals surface area contributed by atoms with Crippen molar-refractivity contribution in [3.05, 3.63) is 34.9 Å². The van der Waals surface area contributed by atoms with Crippen molar-refractivity contribution in [1.29, 1.82) is 0 Å². The molecule has 1 aliphatic carbocycles. The van der Waals surface area contributed by atoms with Crippen molar-refractivity contribution in [3.8, 4) is 11.8 Å². The Morgan fingerprint density at radius 3 is 2.86 bits per heavy atom. The molecular weight excluding hydrogens is 260 g/mol. The van der Waals surface area contributed by atoms with Gasteiger partial charge >= 0.3 is 0 Å². The number of nitrogens with two attached hydrogens (primary N) is 1. The molecule has 1 fully saturated rings. The molecule has 1 aromatic carbocycles. The summed E-state index contributed by atoms with van der Waals surface area (Å²) < 4.78 is 0. The molecule has 0 bridgehead atoms. The van der Waals surface area contributed by atoms with Gasteiger partial charge in [-0.25, -0.2) is 0 Å². The summed E-state index contributed by atoms with van der Waals surface area (Å²) >= 11 is 0. The molecule has 3 heteroatoms. The van der Waals surface area contributed by atoms with Crippen molar-refractivity contribution in [2.75, 3.05) is 13.1 Å². The average molecular weight is 284 g/mol. The lowest BCUT2D eigenvalue weighted by Crippen LogP contribution is -2.26. The molecule has 0 aromatic heterocycles. The van der Waals surface area contributed by atoms with Gasteiger partial charge in [0.05, 0.1) is 6.54 Å². The van der Waals surface area contributed by atoms with Gasteiger partial charge in [-0.05, 0) is 37.0 Å². The molecule has 112 valence electrons. The number of carbonyl (C=O) groups is 1. The van der Waals surface area contributed by atoms with E-state index in [0.29, 0.717) is 12.1 Å². The fourth-order valence-corrected chi connectivity index (χ4v) is 2.95. The van der Waals surface area contributed by atoms with E-state index in [4.69, 9.17) is 5.73 Å². The van der Waals surface area contributed by atoms with E-state index in [1.165, 1.54) is 25.7 Å². The molecule has 2 rings (SSSR count). The lowest BCUT2D eigenvalue weighted by Gasteiger charge is -2.11. The molecule has 0 unspecified atom stereocenters. The molecule has 0 radical (unpaired) electrons. The Morgan fingerprint density at radius 2 is 2.14 bits per heavy atom. The zero-order chi connectivity index (χ0) is 15.1. The number of amides is 1. The second-order valence-corrected chi connectivity index (χ2v) is 5.68. The van der Waals surface area contributed by atoms with Crippen LogP contribution in [0.3, 0.4) is 0 Å². The van der Waals surface area contributed by atoms with Crippen molar-refractivity contribution >= 4 is 5.91 Å². The Morgan fingerprint density at radius 1 is 1.38 bits per heavy atom. The van der Waals surface area contributed by atoms with Crippen molar-refractivity contribution in [2.45, 2.75) is 39.0 Å². The Balaban J connectivity index is 1.95. The molecule has 0 atom stereocenters. The van der Waals surface area contributed by atoms with Gasteiger partial charge in [0.1, 0.15) is 0 Å². The number of carbonyl (C=O) groups excluding carboxylic acids is 1. The Bertz CT molecular complexity index is 548. The summed E-state index contributed by atoms with van der Waals surface area (Å²) in [6.07, 6.45) is 6.43. The normalized spacial score (nSPS) is 14.6. The molecule has 0 aliphatic heterocycles. The minimum Gasteiger partial charge on any atom is -0.352 e. The minimum absolute atomic E-state index is 0.00176. The van der Waals surface area contributed by atoms with Crippen LogP contribution in [-0.2, 0) is 0 Å². The quantitative estimate of drug-likeness (QED) is 0.835. The molecule has 0 saturated heterocycles. The first kappa shape index (κ1) is 15.6. The van der Waals surface area contributed by atoms with Gasteiger partial charge in [0.2, 0.25) is 0 Å². The number of rotatable bonds is 4. The van der Waals surface area contributed by atoms with E-state index in [9.17, 15) is 4.79 Å². The lowest BCUT2D eigenvalue weighted by molar-refractivity contribution is 0.0951. The molecule has 1 aromatic rings. The van der Waals surface area contributed by atoms with Crippen LogP contribution in [0.5, 0.6) is 0 Å². The molecule has 3 N–H and O–H groups in total. The van der Waals surface area contributed by atoms with Crippen molar-refractivity contribution in [3.63, 3.8) is 0 Å². The van der Waals surface area contributed by atoms with Gasteiger partial charge in [-0.1, -0.05) is 43.6 Å². The van der Waals surface area contributed by atoms with Crippen molar-refractivity contribution < 1.29 is 4.79 Å². The molecule has 3 nitrogen and oxygen atoms in total. The molecule has 0 heterocycles. The monoisotopic (exact) mass is 284 g/mol. The second kappa shape index (κ2) is 7.85. The summed E-state index contributed by atoms with van der Waals surface area (Å²) in [6.45, 7) is 3.03. The summed E-state index contributed by atoms with van der Waals surface area (Å²) in [4.78, 5) is 12.3. The maximum absolute atomic E-state index is 12.3. The van der Waals surface area contributed by atoms with Crippen LogP contribution in [0.25, 0.3) is 0 Å². The highest BCUT2D eigenvalue weighted by molar-refractivity contribution is 5.96. The van der Waals surface area contributed by atoms with E-state index in [0.717, 1.165) is 30.0 Å². The average Bonchev–Trinajstić information content (AvgIpc) is 2.99. The Labute approximate surface area is 127 Å². The highest BCUT2D eigenvalue weighted by Crippen LogP contribution is 2.26. The van der Waals surface area contributed by atoms with Gasteiger partial charge in [-0.2, -0.15) is 0 Å². The Kier molecular flexibility index (Phi) is 5.83. The van der Waals surface area contributed by atoms with E-state index >= 15 is 0 Å². The third-order valence-electron chi connectivity index (χ3n) is 4.22. The van der Waals surface area contributed by atoms with Crippen molar-refractivity contribution in [2.24, 2.45) is 11.7 Å². The van der Waals surface area contributed by atoms with Crippen LogP contribution >= 0.6 is 0 Å². The molecular formula is C18H24N2O. The number of hydrogen-bond donors (Lipinski definition) is 2. The summed E-state index contributed by atoms with van der Waals surface area (Å²) in [6, 6.07) is 5.65. The predicted octanol–water partition coefficient (Wildman–Crippen LogP) is 2.62. The van der Waals surface area contributed by atoms with Crippen LogP contribution in [0.4, 0.5) is 0 Å². The molecule has 1 saturated carbocycles. The van der Waals surface area contributed by atoms with Gasteiger partial charge in [0, 0.05) is 17.7 Å². The highest BCUT2D eigenvalue weighted by atomic mass is 16.1. The SMILES string of the molecule is Cc1c(C#CCN)cccc1C(=O)NCCC1CCCC1. The zero-order valence-corrected chi connectivity index (χ0v) is 12.7. The molecule has 1 aliphatic rings. The number of nitrogens with one attached hydrogen (secondary N) is 1. The largest absolute Gasteiger partial charge is 0.352 e. The van der Waals surface area contributed by atoms with E-state index in [2.05, 4.69) is 17.2 Å². The summed E-state index contributed by atoms with van der Waals surface area (Å²) in [5.74, 6) is 6.65. The standard InChI is InChI=1S/C18H24N2O/c1-14-16(9-5-12-19)8-4-10-17(14)18(21)20-13-11-15-6-2-3-7-15/h4,8,10,15H,2-3,6-7,11-13,19H2,1H3,(H,20,21). The fourth-order valence-electron chi connectivity index (χ4n) is 2.95. The summed E-state index contributed by atoms with van der Waals surface area (Å²) in [5.41, 5.74) is 7.92. The maximum atomic E-state index is 12.3. The third kappa shape index (κ3) is 4.34. The second-order valence-electron chi connectivity index (χ2n) is 5.68. The minimum atomic E-state index is 0.00176. The van der Waals surface area contributed by atoms with Crippen molar-refractivity contribution in [1.82, 2.24) is 5.32 Å². The Hall–Kier alpha value is -1.79. The van der Waals surface area contributed by atoms with Crippen LogP contribution in [-0.4, -0.2) is 19.0 Å².